The van der Waals surface area contributed by atoms with Crippen molar-refractivity contribution in [3.63, 3.8) is 0 Å². The van der Waals surface area contributed by atoms with Gasteiger partial charge in [-0.05, 0) is 38.2 Å². The van der Waals surface area contributed by atoms with E-state index in [9.17, 15) is 9.59 Å². The van der Waals surface area contributed by atoms with Crippen LogP contribution in [0.15, 0.2) is 41.2 Å². The molecule has 26 heavy (non-hydrogen) atoms. The molecule has 0 aliphatic carbocycles. The Morgan fingerprint density at radius 1 is 1.00 bits per heavy atom. The van der Waals surface area contributed by atoms with Crippen LogP contribution in [-0.2, 0) is 0 Å². The van der Waals surface area contributed by atoms with E-state index in [4.69, 9.17) is 0 Å². The SMILES string of the molecule is Cc1ccc2sc3cc(C(=O)CN4CCN(C)CC4)ccc3c(=O)c2c1. The molecule has 0 spiro atoms. The molecular formula is C21H22N2O2S. The average Bonchev–Trinajstić information content (AvgIpc) is 2.64. The summed E-state index contributed by atoms with van der Waals surface area (Å²) in [4.78, 5) is 30.0. The number of carbonyl (C=O) groups is 1. The third-order valence-corrected chi connectivity index (χ3v) is 6.24. The maximum absolute atomic E-state index is 12.8. The molecule has 1 fully saturated rings. The first-order valence-corrected chi connectivity index (χ1v) is 9.74. The second-order valence-corrected chi connectivity index (χ2v) is 8.23. The summed E-state index contributed by atoms with van der Waals surface area (Å²) in [5.74, 6) is 0.125. The highest BCUT2D eigenvalue weighted by Crippen LogP contribution is 2.26. The third-order valence-electron chi connectivity index (χ3n) is 5.11. The highest BCUT2D eigenvalue weighted by Gasteiger charge is 2.18. The smallest absolute Gasteiger partial charge is 0.195 e. The van der Waals surface area contributed by atoms with Crippen LogP contribution < -0.4 is 5.43 Å². The van der Waals surface area contributed by atoms with Crippen molar-refractivity contribution in [2.45, 2.75) is 6.92 Å². The number of nitrogens with zero attached hydrogens (tertiary/aromatic N) is 2. The van der Waals surface area contributed by atoms with E-state index in [1.807, 2.05) is 37.3 Å². The fourth-order valence-corrected chi connectivity index (χ4v) is 4.53. The van der Waals surface area contributed by atoms with Crippen LogP contribution in [0.3, 0.4) is 0 Å². The van der Waals surface area contributed by atoms with E-state index in [0.717, 1.165) is 46.5 Å². The van der Waals surface area contributed by atoms with Crippen LogP contribution in [0.5, 0.6) is 0 Å². The number of rotatable bonds is 3. The Hall–Kier alpha value is -2.08. The number of aryl methyl sites for hydroxylation is 1. The topological polar surface area (TPSA) is 40.6 Å². The van der Waals surface area contributed by atoms with Gasteiger partial charge in [-0.2, -0.15) is 0 Å². The van der Waals surface area contributed by atoms with Gasteiger partial charge in [0.15, 0.2) is 11.2 Å². The van der Waals surface area contributed by atoms with E-state index in [-0.39, 0.29) is 11.2 Å². The van der Waals surface area contributed by atoms with Crippen LogP contribution in [0.2, 0.25) is 0 Å². The molecule has 1 aliphatic heterocycles. The predicted octanol–water partition coefficient (Wildman–Crippen LogP) is 3.15. The molecule has 0 N–H and O–H groups in total. The summed E-state index contributed by atoms with van der Waals surface area (Å²) in [6.07, 6.45) is 0. The molecule has 5 heteroatoms. The molecule has 3 aromatic rings. The van der Waals surface area contributed by atoms with Crippen molar-refractivity contribution in [2.75, 3.05) is 39.8 Å². The van der Waals surface area contributed by atoms with Crippen LogP contribution in [0.25, 0.3) is 20.2 Å². The van der Waals surface area contributed by atoms with Crippen molar-refractivity contribution < 1.29 is 4.79 Å². The number of Topliss-reactive ketones (excluding diaryl/α,β-unsaturated/α-hetero) is 1. The lowest BCUT2D eigenvalue weighted by atomic mass is 10.1. The fourth-order valence-electron chi connectivity index (χ4n) is 3.44. The largest absolute Gasteiger partial charge is 0.304 e. The lowest BCUT2D eigenvalue weighted by molar-refractivity contribution is 0.0876. The van der Waals surface area contributed by atoms with Crippen molar-refractivity contribution in [1.29, 1.82) is 0 Å². The molecule has 0 amide bonds. The first kappa shape index (κ1) is 17.3. The van der Waals surface area contributed by atoms with Gasteiger partial charge in [-0.3, -0.25) is 14.5 Å². The molecule has 1 aromatic heterocycles. The van der Waals surface area contributed by atoms with Gasteiger partial charge < -0.3 is 4.90 Å². The Morgan fingerprint density at radius 3 is 2.54 bits per heavy atom. The maximum atomic E-state index is 12.8. The van der Waals surface area contributed by atoms with Gasteiger partial charge in [0.1, 0.15) is 0 Å². The van der Waals surface area contributed by atoms with Gasteiger partial charge in [0.05, 0.1) is 6.54 Å². The maximum Gasteiger partial charge on any atom is 0.195 e. The second-order valence-electron chi connectivity index (χ2n) is 7.14. The second kappa shape index (κ2) is 6.91. The molecular weight excluding hydrogens is 344 g/mol. The molecule has 1 saturated heterocycles. The number of carbonyl (C=O) groups excluding carboxylic acids is 1. The molecule has 2 heterocycles. The Bertz CT molecular complexity index is 1050. The number of likely N-dealkylation sites (N-methyl/N-ethyl adjacent to an activating group) is 1. The minimum atomic E-state index is 0.0514. The summed E-state index contributed by atoms with van der Waals surface area (Å²) < 4.78 is 1.85. The minimum absolute atomic E-state index is 0.0514. The van der Waals surface area contributed by atoms with Gasteiger partial charge in [-0.1, -0.05) is 17.7 Å². The summed E-state index contributed by atoms with van der Waals surface area (Å²) in [6, 6.07) is 11.5. The first-order chi connectivity index (χ1) is 12.5. The molecule has 0 saturated carbocycles. The summed E-state index contributed by atoms with van der Waals surface area (Å²) >= 11 is 1.58. The minimum Gasteiger partial charge on any atom is -0.304 e. The Kier molecular flexibility index (Phi) is 4.61. The molecule has 1 aliphatic rings. The van der Waals surface area contributed by atoms with Gasteiger partial charge in [0, 0.05) is 51.9 Å². The van der Waals surface area contributed by atoms with E-state index in [1.165, 1.54) is 0 Å². The van der Waals surface area contributed by atoms with Crippen molar-refractivity contribution in [2.24, 2.45) is 0 Å². The standard InChI is InChI=1S/C21H22N2O2S/c1-14-3-6-19-17(11-14)21(25)16-5-4-15(12-20(16)26-19)18(24)13-23-9-7-22(2)8-10-23/h3-6,11-12H,7-10,13H2,1-2H3. The zero-order valence-electron chi connectivity index (χ0n) is 15.1. The number of hydrogen-bond donors (Lipinski definition) is 0. The van der Waals surface area contributed by atoms with E-state index in [0.29, 0.717) is 17.5 Å². The van der Waals surface area contributed by atoms with E-state index >= 15 is 0 Å². The molecule has 0 radical (unpaired) electrons. The zero-order chi connectivity index (χ0) is 18.3. The van der Waals surface area contributed by atoms with Gasteiger partial charge in [-0.25, -0.2) is 0 Å². The summed E-state index contributed by atoms with van der Waals surface area (Å²) in [7, 11) is 2.11. The Labute approximate surface area is 156 Å². The lowest BCUT2D eigenvalue weighted by Crippen LogP contribution is -2.46. The van der Waals surface area contributed by atoms with Gasteiger partial charge >= 0.3 is 0 Å². The summed E-state index contributed by atoms with van der Waals surface area (Å²) in [5.41, 5.74) is 1.83. The monoisotopic (exact) mass is 366 g/mol. The van der Waals surface area contributed by atoms with E-state index < -0.39 is 0 Å². The summed E-state index contributed by atoms with van der Waals surface area (Å²) in [5, 5.41) is 1.46. The molecule has 134 valence electrons. The number of ketones is 1. The van der Waals surface area contributed by atoms with E-state index in [2.05, 4.69) is 16.8 Å². The van der Waals surface area contributed by atoms with Crippen molar-refractivity contribution in [1.82, 2.24) is 9.80 Å². The van der Waals surface area contributed by atoms with Crippen molar-refractivity contribution >= 4 is 37.3 Å². The van der Waals surface area contributed by atoms with E-state index in [1.54, 1.807) is 17.4 Å². The van der Waals surface area contributed by atoms with Gasteiger partial charge in [0.25, 0.3) is 0 Å². The number of benzene rings is 2. The van der Waals surface area contributed by atoms with Crippen LogP contribution in [-0.4, -0.2) is 55.4 Å². The third kappa shape index (κ3) is 3.30. The molecule has 0 bridgehead atoms. The molecule has 4 nitrogen and oxygen atoms in total. The first-order valence-electron chi connectivity index (χ1n) is 8.92. The van der Waals surface area contributed by atoms with Crippen LogP contribution in [0, 0.1) is 6.92 Å². The van der Waals surface area contributed by atoms with Crippen LogP contribution in [0.1, 0.15) is 15.9 Å². The predicted molar refractivity (Wildman–Crippen MR) is 109 cm³/mol. The quantitative estimate of drug-likeness (QED) is 0.527. The normalized spacial score (nSPS) is 16.4. The zero-order valence-corrected chi connectivity index (χ0v) is 15.9. The lowest BCUT2D eigenvalue weighted by Gasteiger charge is -2.31. The van der Waals surface area contributed by atoms with Gasteiger partial charge in [-0.15, -0.1) is 11.3 Å². The molecule has 2 aromatic carbocycles. The average molecular weight is 366 g/mol. The molecule has 0 unspecified atom stereocenters. The van der Waals surface area contributed by atoms with Gasteiger partial charge in [0.2, 0.25) is 0 Å². The number of piperazine rings is 1. The highest BCUT2D eigenvalue weighted by molar-refractivity contribution is 7.24. The number of fused-ring (bicyclic) bond motifs is 2. The molecule has 4 rings (SSSR count). The Morgan fingerprint density at radius 2 is 1.77 bits per heavy atom. The fraction of sp³-hybridized carbons (Fsp3) is 0.333. The Balaban J connectivity index is 1.67. The van der Waals surface area contributed by atoms with Crippen LogP contribution >= 0.6 is 11.3 Å². The highest BCUT2D eigenvalue weighted by atomic mass is 32.1. The number of hydrogen-bond acceptors (Lipinski definition) is 5. The van der Waals surface area contributed by atoms with Crippen molar-refractivity contribution in [3.8, 4) is 0 Å². The summed E-state index contributed by atoms with van der Waals surface area (Å²) in [6.45, 7) is 6.28. The van der Waals surface area contributed by atoms with Crippen LogP contribution in [0.4, 0.5) is 0 Å². The molecule has 0 atom stereocenters. The van der Waals surface area contributed by atoms with Crippen molar-refractivity contribution in [3.05, 3.63) is 57.7 Å².